The number of aryl methyl sites for hydroxylation is 1. The van der Waals surface area contributed by atoms with Gasteiger partial charge in [-0.15, -0.1) is 0 Å². The third-order valence-electron chi connectivity index (χ3n) is 4.00. The molecule has 116 valence electrons. The molecule has 2 rings (SSSR count). The summed E-state index contributed by atoms with van der Waals surface area (Å²) in [5, 5.41) is 3.28. The molecule has 2 unspecified atom stereocenters. The summed E-state index contributed by atoms with van der Waals surface area (Å²) < 4.78 is 10.9. The van der Waals surface area contributed by atoms with Crippen molar-refractivity contribution in [2.45, 2.75) is 51.2 Å². The quantitative estimate of drug-likeness (QED) is 0.817. The number of methoxy groups -OCH3 is 1. The molecule has 0 aliphatic heterocycles. The maximum atomic E-state index is 11.9. The van der Waals surface area contributed by atoms with Crippen LogP contribution in [-0.2, 0) is 14.3 Å². The highest BCUT2D eigenvalue weighted by atomic mass is 16.5. The highest BCUT2D eigenvalue weighted by molar-refractivity contribution is 5.70. The first-order valence-electron chi connectivity index (χ1n) is 7.71. The van der Waals surface area contributed by atoms with Gasteiger partial charge < -0.3 is 14.8 Å². The van der Waals surface area contributed by atoms with Crippen LogP contribution in [0.5, 0.6) is 0 Å². The van der Waals surface area contributed by atoms with Gasteiger partial charge in [-0.2, -0.15) is 0 Å². The summed E-state index contributed by atoms with van der Waals surface area (Å²) in [5.74, 6) is -0.127. The van der Waals surface area contributed by atoms with Crippen molar-refractivity contribution in [1.29, 1.82) is 0 Å². The molecule has 0 bridgehead atoms. The number of anilines is 1. The van der Waals surface area contributed by atoms with Crippen LogP contribution in [-0.4, -0.2) is 31.8 Å². The minimum absolute atomic E-state index is 0.0228. The van der Waals surface area contributed by atoms with Crippen LogP contribution in [0.15, 0.2) is 24.3 Å². The van der Waals surface area contributed by atoms with E-state index in [1.165, 1.54) is 5.56 Å². The Morgan fingerprint density at radius 3 is 2.81 bits per heavy atom. The summed E-state index contributed by atoms with van der Waals surface area (Å²) in [6.07, 6.45) is 4.57. The number of carbonyl (C=O) groups is 1. The average molecular weight is 291 g/mol. The molecule has 1 saturated carbocycles. The zero-order chi connectivity index (χ0) is 15.1. The lowest BCUT2D eigenvalue weighted by atomic mass is 9.95. The number of para-hydroxylation sites is 1. The molecular weight excluding hydrogens is 266 g/mol. The van der Waals surface area contributed by atoms with Gasteiger partial charge in [0, 0.05) is 25.8 Å². The lowest BCUT2D eigenvalue weighted by molar-refractivity contribution is -0.152. The highest BCUT2D eigenvalue weighted by Crippen LogP contribution is 2.23. The zero-order valence-electron chi connectivity index (χ0n) is 12.9. The van der Waals surface area contributed by atoms with E-state index >= 15 is 0 Å². The number of rotatable bonds is 6. The van der Waals surface area contributed by atoms with Gasteiger partial charge in [0.1, 0.15) is 6.10 Å². The van der Waals surface area contributed by atoms with Gasteiger partial charge in [-0.05, 0) is 37.8 Å². The third-order valence-corrected chi connectivity index (χ3v) is 4.00. The minimum atomic E-state index is -0.127. The Balaban J connectivity index is 1.69. The molecule has 4 nitrogen and oxygen atoms in total. The molecule has 1 aliphatic rings. The lowest BCUT2D eigenvalue weighted by Crippen LogP contribution is -2.29. The van der Waals surface area contributed by atoms with E-state index in [2.05, 4.69) is 5.32 Å². The van der Waals surface area contributed by atoms with E-state index < -0.39 is 0 Å². The predicted molar refractivity (Wildman–Crippen MR) is 83.4 cm³/mol. The zero-order valence-corrected chi connectivity index (χ0v) is 12.9. The van der Waals surface area contributed by atoms with E-state index in [9.17, 15) is 4.79 Å². The first-order valence-corrected chi connectivity index (χ1v) is 7.71. The molecule has 21 heavy (non-hydrogen) atoms. The number of benzene rings is 1. The van der Waals surface area contributed by atoms with Crippen LogP contribution in [0.25, 0.3) is 0 Å². The van der Waals surface area contributed by atoms with Crippen molar-refractivity contribution in [1.82, 2.24) is 0 Å². The fourth-order valence-electron chi connectivity index (χ4n) is 2.74. The second kappa shape index (κ2) is 8.03. The largest absolute Gasteiger partial charge is 0.462 e. The molecule has 1 fully saturated rings. The fourth-order valence-corrected chi connectivity index (χ4v) is 2.74. The number of nitrogens with one attached hydrogen (secondary N) is 1. The first-order chi connectivity index (χ1) is 10.2. The molecule has 0 saturated heterocycles. The van der Waals surface area contributed by atoms with E-state index in [0.29, 0.717) is 13.0 Å². The van der Waals surface area contributed by atoms with Crippen LogP contribution < -0.4 is 5.32 Å². The Labute approximate surface area is 126 Å². The topological polar surface area (TPSA) is 47.6 Å². The molecule has 1 aliphatic carbocycles. The number of hydrogen-bond acceptors (Lipinski definition) is 4. The van der Waals surface area contributed by atoms with Crippen LogP contribution in [0, 0.1) is 6.92 Å². The summed E-state index contributed by atoms with van der Waals surface area (Å²) in [6, 6.07) is 8.06. The van der Waals surface area contributed by atoms with Crippen LogP contribution in [0.1, 0.15) is 37.7 Å². The van der Waals surface area contributed by atoms with Gasteiger partial charge in [-0.25, -0.2) is 0 Å². The average Bonchev–Trinajstić information content (AvgIpc) is 2.49. The van der Waals surface area contributed by atoms with Gasteiger partial charge in [0.15, 0.2) is 0 Å². The van der Waals surface area contributed by atoms with Gasteiger partial charge >= 0.3 is 5.97 Å². The molecule has 0 aromatic heterocycles. The summed E-state index contributed by atoms with van der Waals surface area (Å²) in [5.41, 5.74) is 2.25. The van der Waals surface area contributed by atoms with Crippen LogP contribution in [0.4, 0.5) is 5.69 Å². The van der Waals surface area contributed by atoms with Gasteiger partial charge in [-0.1, -0.05) is 18.2 Å². The van der Waals surface area contributed by atoms with Crippen molar-refractivity contribution in [3.63, 3.8) is 0 Å². The van der Waals surface area contributed by atoms with Crippen molar-refractivity contribution in [2.75, 3.05) is 19.0 Å². The Bertz CT molecular complexity index is 461. The van der Waals surface area contributed by atoms with Crippen molar-refractivity contribution in [3.05, 3.63) is 29.8 Å². The molecular formula is C17H25NO3. The molecule has 1 aromatic rings. The Morgan fingerprint density at radius 2 is 2.05 bits per heavy atom. The smallest absolute Gasteiger partial charge is 0.307 e. The maximum absolute atomic E-state index is 11.9. The van der Waals surface area contributed by atoms with E-state index in [1.807, 2.05) is 31.2 Å². The molecule has 0 heterocycles. The third kappa shape index (κ3) is 5.05. The Hall–Kier alpha value is -1.55. The van der Waals surface area contributed by atoms with Gasteiger partial charge in [0.2, 0.25) is 0 Å². The summed E-state index contributed by atoms with van der Waals surface area (Å²) in [4.78, 5) is 11.9. The van der Waals surface area contributed by atoms with E-state index in [0.717, 1.165) is 31.4 Å². The first kappa shape index (κ1) is 15.8. The van der Waals surface area contributed by atoms with Gasteiger partial charge in [0.25, 0.3) is 0 Å². The highest BCUT2D eigenvalue weighted by Gasteiger charge is 2.24. The SMILES string of the molecule is COC1CCCC(OC(=O)CCNc2ccccc2C)C1. The van der Waals surface area contributed by atoms with Gasteiger partial charge in [-0.3, -0.25) is 4.79 Å². The minimum Gasteiger partial charge on any atom is -0.462 e. The van der Waals surface area contributed by atoms with Crippen molar-refractivity contribution in [3.8, 4) is 0 Å². The number of hydrogen-bond donors (Lipinski definition) is 1. The van der Waals surface area contributed by atoms with Crippen molar-refractivity contribution < 1.29 is 14.3 Å². The molecule has 0 radical (unpaired) electrons. The van der Waals surface area contributed by atoms with E-state index in [4.69, 9.17) is 9.47 Å². The van der Waals surface area contributed by atoms with E-state index in [-0.39, 0.29) is 18.2 Å². The van der Waals surface area contributed by atoms with Gasteiger partial charge in [0.05, 0.1) is 12.5 Å². The molecule has 0 spiro atoms. The maximum Gasteiger partial charge on any atom is 0.307 e. The normalized spacial score (nSPS) is 21.8. The Kier molecular flexibility index (Phi) is 6.05. The van der Waals surface area contributed by atoms with Crippen LogP contribution >= 0.6 is 0 Å². The summed E-state index contributed by atoms with van der Waals surface area (Å²) in [7, 11) is 1.72. The number of esters is 1. The number of carbonyl (C=O) groups excluding carboxylic acids is 1. The lowest BCUT2D eigenvalue weighted by Gasteiger charge is -2.27. The second-order valence-corrected chi connectivity index (χ2v) is 5.63. The van der Waals surface area contributed by atoms with Crippen molar-refractivity contribution >= 4 is 11.7 Å². The monoisotopic (exact) mass is 291 g/mol. The molecule has 4 heteroatoms. The molecule has 0 amide bonds. The predicted octanol–water partition coefficient (Wildman–Crippen LogP) is 3.30. The fraction of sp³-hybridized carbons (Fsp3) is 0.588. The summed E-state index contributed by atoms with van der Waals surface area (Å²) >= 11 is 0. The Morgan fingerprint density at radius 1 is 1.29 bits per heavy atom. The van der Waals surface area contributed by atoms with Crippen LogP contribution in [0.2, 0.25) is 0 Å². The molecule has 1 aromatic carbocycles. The van der Waals surface area contributed by atoms with E-state index in [1.54, 1.807) is 7.11 Å². The summed E-state index contributed by atoms with van der Waals surface area (Å²) in [6.45, 7) is 2.65. The van der Waals surface area contributed by atoms with Crippen molar-refractivity contribution in [2.24, 2.45) is 0 Å². The molecule has 2 atom stereocenters. The van der Waals surface area contributed by atoms with Crippen LogP contribution in [0.3, 0.4) is 0 Å². The second-order valence-electron chi connectivity index (χ2n) is 5.63. The molecule has 1 N–H and O–H groups in total. The number of ether oxygens (including phenoxy) is 2. The standard InChI is InChI=1S/C17H25NO3/c1-13-6-3-4-9-16(13)18-11-10-17(19)21-15-8-5-7-14(12-15)20-2/h3-4,6,9,14-15,18H,5,7-8,10-12H2,1-2H3.